The number of imidazole rings is 1. The molecule has 0 unspecified atom stereocenters. The molecule has 0 radical (unpaired) electrons. The van der Waals surface area contributed by atoms with Crippen LogP contribution in [0.5, 0.6) is 17.4 Å². The van der Waals surface area contributed by atoms with Crippen LogP contribution in [0.2, 0.25) is 5.02 Å². The molecule has 1 aromatic heterocycles. The van der Waals surface area contributed by atoms with Crippen molar-refractivity contribution in [1.29, 1.82) is 0 Å². The lowest BCUT2D eigenvalue weighted by Crippen LogP contribution is -2.24. The summed E-state index contributed by atoms with van der Waals surface area (Å²) in [7, 11) is 0. The molecule has 0 saturated carbocycles. The molecule has 1 N–H and O–H groups in total. The maximum Gasteiger partial charge on any atom is 0.336 e. The number of hydrogen-bond donors (Lipinski definition) is 1. The highest BCUT2D eigenvalue weighted by Gasteiger charge is 2.29. The first kappa shape index (κ1) is 16.7. The third-order valence-electron chi connectivity index (χ3n) is 4.82. The van der Waals surface area contributed by atoms with E-state index in [9.17, 15) is 9.90 Å². The Morgan fingerprint density at radius 2 is 1.68 bits per heavy atom. The molecule has 0 atom stereocenters. The van der Waals surface area contributed by atoms with E-state index in [1.807, 2.05) is 54.6 Å². The van der Waals surface area contributed by atoms with Crippen molar-refractivity contribution in [3.05, 3.63) is 93.9 Å². The number of hydrogen-bond acceptors (Lipinski definition) is 3. The minimum Gasteiger partial charge on any atom is -0.493 e. The molecule has 4 aromatic rings. The number of para-hydroxylation sites is 1. The van der Waals surface area contributed by atoms with Crippen LogP contribution in [0.3, 0.4) is 0 Å². The van der Waals surface area contributed by atoms with Gasteiger partial charge in [0.05, 0.1) is 12.2 Å². The number of aromatic nitrogens is 2. The predicted molar refractivity (Wildman–Crippen MR) is 108 cm³/mol. The number of aromatic hydroxyl groups is 1. The maximum absolute atomic E-state index is 13.3. The van der Waals surface area contributed by atoms with Crippen LogP contribution < -0.4 is 10.4 Å². The molecular weight excluding hydrogens is 376 g/mol. The highest BCUT2D eigenvalue weighted by atomic mass is 35.5. The molecule has 0 spiro atoms. The summed E-state index contributed by atoms with van der Waals surface area (Å²) in [6, 6.07) is 21.9. The minimum absolute atomic E-state index is 0.113. The fourth-order valence-corrected chi connectivity index (χ4v) is 3.70. The quantitative estimate of drug-likeness (QED) is 0.470. The minimum atomic E-state index is -0.361. The second-order valence-electron chi connectivity index (χ2n) is 6.57. The van der Waals surface area contributed by atoms with Gasteiger partial charge in [0, 0.05) is 10.6 Å². The third kappa shape index (κ3) is 2.52. The van der Waals surface area contributed by atoms with E-state index in [4.69, 9.17) is 16.3 Å². The molecule has 0 saturated heterocycles. The van der Waals surface area contributed by atoms with Gasteiger partial charge in [0.1, 0.15) is 11.4 Å². The Morgan fingerprint density at radius 3 is 2.50 bits per heavy atom. The van der Waals surface area contributed by atoms with Crippen LogP contribution in [0.15, 0.2) is 77.6 Å². The fraction of sp³-hybridized carbons (Fsp3) is 0.0455. The number of halogens is 1. The highest BCUT2D eigenvalue weighted by Crippen LogP contribution is 2.44. The normalized spacial score (nSPS) is 11.8. The molecule has 0 fully saturated rings. The van der Waals surface area contributed by atoms with Gasteiger partial charge in [0.2, 0.25) is 5.88 Å². The molecule has 5 rings (SSSR count). The summed E-state index contributed by atoms with van der Waals surface area (Å²) < 4.78 is 8.85. The van der Waals surface area contributed by atoms with Crippen molar-refractivity contribution >= 4 is 11.6 Å². The number of nitrogens with zero attached hydrogens (tertiary/aromatic N) is 2. The van der Waals surface area contributed by atoms with Crippen molar-refractivity contribution in [2.45, 2.75) is 6.54 Å². The summed E-state index contributed by atoms with van der Waals surface area (Å²) >= 11 is 6.20. The van der Waals surface area contributed by atoms with Gasteiger partial charge in [0.25, 0.3) is 0 Å². The van der Waals surface area contributed by atoms with Crippen LogP contribution in [0.4, 0.5) is 0 Å². The van der Waals surface area contributed by atoms with Crippen molar-refractivity contribution < 1.29 is 9.84 Å². The Labute approximate surface area is 165 Å². The lowest BCUT2D eigenvalue weighted by molar-refractivity contribution is 0.422. The average Bonchev–Trinajstić information content (AvgIpc) is 2.86. The van der Waals surface area contributed by atoms with Crippen molar-refractivity contribution in [1.82, 2.24) is 9.13 Å². The van der Waals surface area contributed by atoms with Gasteiger partial charge in [-0.2, -0.15) is 0 Å². The van der Waals surface area contributed by atoms with Gasteiger partial charge in [-0.3, -0.25) is 9.13 Å². The Balaban J connectivity index is 1.83. The maximum atomic E-state index is 13.3. The molecule has 0 amide bonds. The molecule has 1 aliphatic heterocycles. The van der Waals surface area contributed by atoms with E-state index in [1.54, 1.807) is 18.2 Å². The van der Waals surface area contributed by atoms with Crippen molar-refractivity contribution in [2.24, 2.45) is 0 Å². The molecule has 0 aliphatic carbocycles. The Bertz CT molecular complexity index is 1260. The molecule has 3 aromatic carbocycles. The molecule has 0 bridgehead atoms. The van der Waals surface area contributed by atoms with Crippen molar-refractivity contribution in [3.8, 4) is 34.3 Å². The van der Waals surface area contributed by atoms with Gasteiger partial charge < -0.3 is 9.84 Å². The third-order valence-corrected chi connectivity index (χ3v) is 5.06. The predicted octanol–water partition coefficient (Wildman–Crippen LogP) is 4.82. The van der Waals surface area contributed by atoms with E-state index < -0.39 is 0 Å². The number of fused-ring (bicyclic) bond motifs is 5. The fourth-order valence-electron chi connectivity index (χ4n) is 3.53. The lowest BCUT2D eigenvalue weighted by Gasteiger charge is -2.09. The van der Waals surface area contributed by atoms with Crippen LogP contribution in [0.1, 0.15) is 5.56 Å². The summed E-state index contributed by atoms with van der Waals surface area (Å²) in [5, 5.41) is 11.5. The van der Waals surface area contributed by atoms with Gasteiger partial charge in [0.15, 0.2) is 5.75 Å². The smallest absolute Gasteiger partial charge is 0.336 e. The monoisotopic (exact) mass is 390 g/mol. The molecule has 138 valence electrons. The van der Waals surface area contributed by atoms with E-state index in [-0.39, 0.29) is 18.1 Å². The zero-order valence-electron chi connectivity index (χ0n) is 14.7. The van der Waals surface area contributed by atoms with Gasteiger partial charge in [-0.1, -0.05) is 54.1 Å². The van der Waals surface area contributed by atoms with Crippen molar-refractivity contribution in [2.75, 3.05) is 0 Å². The number of ether oxygens (including phenoxy) is 1. The SMILES string of the molecule is O=c1n(Cc2ccccc2)c(O)c2n1-c1cc(Cl)ccc1Oc1ccccc1-2. The summed E-state index contributed by atoms with van der Waals surface area (Å²) in [6.07, 6.45) is 0. The van der Waals surface area contributed by atoms with E-state index in [2.05, 4.69) is 0 Å². The number of rotatable bonds is 2. The molecule has 1 aliphatic rings. The van der Waals surface area contributed by atoms with Crippen LogP contribution in [0.25, 0.3) is 16.9 Å². The van der Waals surface area contributed by atoms with E-state index >= 15 is 0 Å². The van der Waals surface area contributed by atoms with E-state index in [0.29, 0.717) is 33.5 Å². The zero-order chi connectivity index (χ0) is 19.3. The lowest BCUT2D eigenvalue weighted by atomic mass is 10.1. The zero-order valence-corrected chi connectivity index (χ0v) is 15.4. The highest BCUT2D eigenvalue weighted by molar-refractivity contribution is 6.30. The first-order chi connectivity index (χ1) is 13.6. The first-order valence-electron chi connectivity index (χ1n) is 8.79. The van der Waals surface area contributed by atoms with Gasteiger partial charge >= 0.3 is 5.69 Å². The topological polar surface area (TPSA) is 56.4 Å². The molecule has 5 nitrogen and oxygen atoms in total. The average molecular weight is 391 g/mol. The summed E-state index contributed by atoms with van der Waals surface area (Å²) in [5.74, 6) is 0.941. The van der Waals surface area contributed by atoms with E-state index in [0.717, 1.165) is 5.56 Å². The van der Waals surface area contributed by atoms with Crippen LogP contribution in [-0.4, -0.2) is 14.2 Å². The second-order valence-corrected chi connectivity index (χ2v) is 7.01. The molecule has 6 heteroatoms. The standard InChI is InChI=1S/C22H15ClN2O3/c23-15-10-11-19-17(12-15)25-20(16-8-4-5-9-18(16)28-19)21(26)24(22(25)27)13-14-6-2-1-3-7-14/h1-12,26H,13H2. The Hall–Kier alpha value is -3.44. The van der Waals surface area contributed by atoms with Crippen LogP contribution in [-0.2, 0) is 6.54 Å². The van der Waals surface area contributed by atoms with Gasteiger partial charge in [-0.15, -0.1) is 0 Å². The largest absolute Gasteiger partial charge is 0.493 e. The van der Waals surface area contributed by atoms with Crippen LogP contribution in [0, 0.1) is 0 Å². The first-order valence-corrected chi connectivity index (χ1v) is 9.17. The van der Waals surface area contributed by atoms with Crippen LogP contribution >= 0.6 is 11.6 Å². The second kappa shape index (κ2) is 6.32. The number of benzene rings is 3. The summed E-state index contributed by atoms with van der Waals surface area (Å²) in [4.78, 5) is 13.3. The van der Waals surface area contributed by atoms with Gasteiger partial charge in [-0.05, 0) is 35.9 Å². The van der Waals surface area contributed by atoms with Gasteiger partial charge in [-0.25, -0.2) is 4.79 Å². The summed E-state index contributed by atoms with van der Waals surface area (Å²) in [5.41, 5.74) is 2.07. The Kier molecular flexibility index (Phi) is 3.77. The Morgan fingerprint density at radius 1 is 0.929 bits per heavy atom. The van der Waals surface area contributed by atoms with E-state index in [1.165, 1.54) is 9.13 Å². The molecular formula is C22H15ClN2O3. The molecule has 2 heterocycles. The van der Waals surface area contributed by atoms with Crippen molar-refractivity contribution in [3.63, 3.8) is 0 Å². The summed E-state index contributed by atoms with van der Waals surface area (Å²) in [6.45, 7) is 0.254. The molecule has 28 heavy (non-hydrogen) atoms.